The zero-order chi connectivity index (χ0) is 16.1. The normalized spacial score (nSPS) is 14.4. The molecule has 0 fully saturated rings. The van der Waals surface area contributed by atoms with Crippen LogP contribution >= 0.6 is 0 Å². The molecule has 0 aromatic heterocycles. The Morgan fingerprint density at radius 1 is 0.864 bits per heavy atom. The van der Waals surface area contributed by atoms with Crippen molar-refractivity contribution in [2.75, 3.05) is 0 Å². The van der Waals surface area contributed by atoms with Gasteiger partial charge in [-0.1, -0.05) is 71.1 Å². The summed E-state index contributed by atoms with van der Waals surface area (Å²) in [6.07, 6.45) is 13.3. The minimum absolute atomic E-state index is 0. The third kappa shape index (κ3) is 14.5. The first kappa shape index (κ1) is 25.1. The maximum atomic E-state index is 11.5. The molecule has 0 aromatic carbocycles. The van der Waals surface area contributed by atoms with E-state index in [2.05, 4.69) is 6.92 Å². The summed E-state index contributed by atoms with van der Waals surface area (Å²) in [4.78, 5) is 0. The van der Waals surface area contributed by atoms with Crippen LogP contribution in [0.5, 0.6) is 0 Å². The van der Waals surface area contributed by atoms with Gasteiger partial charge in [0.05, 0.1) is 6.10 Å². The Balaban J connectivity index is 0. The van der Waals surface area contributed by atoms with E-state index in [0.717, 1.165) is 19.3 Å². The number of unbranched alkanes of at least 4 members (excludes halogenated alkanes) is 9. The Morgan fingerprint density at radius 3 is 1.68 bits per heavy atom. The van der Waals surface area contributed by atoms with Crippen molar-refractivity contribution in [3.05, 3.63) is 0 Å². The molecule has 0 spiro atoms. The van der Waals surface area contributed by atoms with Crippen LogP contribution in [-0.2, 0) is 14.3 Å². The van der Waals surface area contributed by atoms with Crippen LogP contribution in [0.3, 0.4) is 0 Å². The summed E-state index contributed by atoms with van der Waals surface area (Å²) < 4.78 is 28.0. The van der Waals surface area contributed by atoms with E-state index in [-0.39, 0.29) is 35.7 Å². The fraction of sp³-hybridized carbons (Fsp3) is 1.00. The Hall–Kier alpha value is 0.870. The van der Waals surface area contributed by atoms with E-state index >= 15 is 0 Å². The van der Waals surface area contributed by atoms with Crippen LogP contribution in [0.25, 0.3) is 0 Å². The molecule has 129 valence electrons. The van der Waals surface area contributed by atoms with Crippen LogP contribution in [0, 0.1) is 0 Å². The van der Waals surface area contributed by atoms with Gasteiger partial charge in [0.2, 0.25) is 0 Å². The average Bonchev–Trinajstić information content (AvgIpc) is 2.40. The molecule has 0 saturated carbocycles. The first-order valence-electron chi connectivity index (χ1n) is 8.57. The third-order valence-corrected chi connectivity index (χ3v) is 5.23. The van der Waals surface area contributed by atoms with Crippen molar-refractivity contribution >= 4 is 39.7 Å². The van der Waals surface area contributed by atoms with Gasteiger partial charge >= 0.3 is 0 Å². The first-order chi connectivity index (χ1) is 9.90. The SMILES string of the molecule is CCCCCCCCCCCCC(C)OS(=O)(=O)C(C)N.[Na]. The van der Waals surface area contributed by atoms with Crippen LogP contribution in [0.2, 0.25) is 0 Å². The molecule has 1 radical (unpaired) electrons. The summed E-state index contributed by atoms with van der Waals surface area (Å²) in [5.74, 6) is 0. The summed E-state index contributed by atoms with van der Waals surface area (Å²) in [6, 6.07) is 0. The van der Waals surface area contributed by atoms with E-state index in [9.17, 15) is 8.42 Å². The molecular formula is C16H35NNaO3S. The molecular weight excluding hydrogens is 309 g/mol. The predicted molar refractivity (Wildman–Crippen MR) is 95.3 cm³/mol. The number of rotatable bonds is 14. The fourth-order valence-electron chi connectivity index (χ4n) is 2.28. The van der Waals surface area contributed by atoms with Crippen molar-refractivity contribution in [3.8, 4) is 0 Å². The summed E-state index contributed by atoms with van der Waals surface area (Å²) in [5, 5.41) is -0.951. The third-order valence-electron chi connectivity index (χ3n) is 3.72. The topological polar surface area (TPSA) is 69.4 Å². The van der Waals surface area contributed by atoms with Gasteiger partial charge in [0.25, 0.3) is 10.1 Å². The Kier molecular flexibility index (Phi) is 17.6. The molecule has 2 N–H and O–H groups in total. The second-order valence-corrected chi connectivity index (χ2v) is 8.00. The van der Waals surface area contributed by atoms with Crippen LogP contribution in [-0.4, -0.2) is 49.5 Å². The van der Waals surface area contributed by atoms with E-state index < -0.39 is 15.5 Å². The number of hydrogen-bond donors (Lipinski definition) is 1. The second-order valence-electron chi connectivity index (χ2n) is 6.08. The van der Waals surface area contributed by atoms with Gasteiger partial charge in [-0.15, -0.1) is 0 Å². The molecule has 2 unspecified atom stereocenters. The van der Waals surface area contributed by atoms with Gasteiger partial charge in [-0.05, 0) is 20.3 Å². The van der Waals surface area contributed by atoms with Crippen molar-refractivity contribution in [2.45, 2.75) is 103 Å². The van der Waals surface area contributed by atoms with Crippen molar-refractivity contribution in [2.24, 2.45) is 5.73 Å². The van der Waals surface area contributed by atoms with E-state index in [1.807, 2.05) is 0 Å². The average molecular weight is 345 g/mol. The van der Waals surface area contributed by atoms with Gasteiger partial charge in [0.1, 0.15) is 5.37 Å². The van der Waals surface area contributed by atoms with Crippen LogP contribution in [0.15, 0.2) is 0 Å². The quantitative estimate of drug-likeness (QED) is 0.294. The largest absolute Gasteiger partial charge is 0.313 e. The molecule has 4 nitrogen and oxygen atoms in total. The zero-order valence-electron chi connectivity index (χ0n) is 15.1. The van der Waals surface area contributed by atoms with E-state index in [1.165, 1.54) is 58.3 Å². The van der Waals surface area contributed by atoms with Gasteiger partial charge < -0.3 is 5.73 Å². The van der Waals surface area contributed by atoms with Crippen molar-refractivity contribution in [3.63, 3.8) is 0 Å². The molecule has 0 aliphatic heterocycles. The molecule has 0 aliphatic carbocycles. The summed E-state index contributed by atoms with van der Waals surface area (Å²) >= 11 is 0. The van der Waals surface area contributed by atoms with Gasteiger partial charge in [0, 0.05) is 29.6 Å². The molecule has 0 rings (SSSR count). The molecule has 6 heteroatoms. The minimum Gasteiger partial charge on any atom is -0.313 e. The van der Waals surface area contributed by atoms with Crippen molar-refractivity contribution in [1.82, 2.24) is 0 Å². The smallest absolute Gasteiger partial charge is 0.283 e. The molecule has 0 bridgehead atoms. The van der Waals surface area contributed by atoms with Gasteiger partial charge in [-0.25, -0.2) is 0 Å². The van der Waals surface area contributed by atoms with E-state index in [1.54, 1.807) is 6.92 Å². The molecule has 0 amide bonds. The van der Waals surface area contributed by atoms with E-state index in [0.29, 0.717) is 0 Å². The van der Waals surface area contributed by atoms with Crippen LogP contribution in [0.1, 0.15) is 91.4 Å². The summed E-state index contributed by atoms with van der Waals surface area (Å²) in [5.41, 5.74) is 5.36. The van der Waals surface area contributed by atoms with Crippen LogP contribution < -0.4 is 5.73 Å². The predicted octanol–water partition coefficient (Wildman–Crippen LogP) is 3.96. The molecule has 0 saturated heterocycles. The van der Waals surface area contributed by atoms with Gasteiger partial charge in [-0.2, -0.15) is 8.42 Å². The Bertz CT molecular complexity index is 334. The standard InChI is InChI=1S/C16H35NO3S.Na/c1-4-5-6-7-8-9-10-11-12-13-14-15(2)20-21(18,19)16(3)17;/h15-16H,4-14,17H2,1-3H3;. The van der Waals surface area contributed by atoms with Crippen molar-refractivity contribution in [1.29, 1.82) is 0 Å². The van der Waals surface area contributed by atoms with Gasteiger partial charge in [-0.3, -0.25) is 4.18 Å². The fourth-order valence-corrected chi connectivity index (χ4v) is 3.01. The molecule has 0 aromatic rings. The molecule has 0 aliphatic rings. The second kappa shape index (κ2) is 15.4. The maximum Gasteiger partial charge on any atom is 0.283 e. The zero-order valence-corrected chi connectivity index (χ0v) is 18.0. The summed E-state index contributed by atoms with van der Waals surface area (Å²) in [7, 11) is -3.58. The minimum atomic E-state index is -3.58. The van der Waals surface area contributed by atoms with Crippen molar-refractivity contribution < 1.29 is 12.6 Å². The monoisotopic (exact) mass is 344 g/mol. The Morgan fingerprint density at radius 2 is 1.27 bits per heavy atom. The van der Waals surface area contributed by atoms with E-state index in [4.69, 9.17) is 9.92 Å². The molecule has 2 atom stereocenters. The Labute approximate surface area is 160 Å². The van der Waals surface area contributed by atoms with Crippen LogP contribution in [0.4, 0.5) is 0 Å². The molecule has 22 heavy (non-hydrogen) atoms. The number of hydrogen-bond acceptors (Lipinski definition) is 4. The van der Waals surface area contributed by atoms with Gasteiger partial charge in [0.15, 0.2) is 0 Å². The molecule has 0 heterocycles. The summed E-state index contributed by atoms with van der Waals surface area (Å²) in [6.45, 7) is 5.47. The first-order valence-corrected chi connectivity index (χ1v) is 10.0. The number of nitrogens with two attached hydrogens (primary N) is 1. The maximum absolute atomic E-state index is 11.5.